The number of aromatic nitrogens is 2. The smallest absolute Gasteiger partial charge is 0.271 e. The fourth-order valence-corrected chi connectivity index (χ4v) is 5.44. The summed E-state index contributed by atoms with van der Waals surface area (Å²) in [5.74, 6) is 1.44. The largest absolute Gasteiger partial charge is 0.339 e. The van der Waals surface area contributed by atoms with Gasteiger partial charge >= 0.3 is 0 Å². The SMILES string of the molecule is Cc1ccccc1NS(=O)(=O)c1cc(-c2noc(C3CCCC3)n2)cs1. The second-order valence-corrected chi connectivity index (χ2v) is 9.33. The van der Waals surface area contributed by atoms with Crippen LogP contribution in [-0.2, 0) is 10.0 Å². The van der Waals surface area contributed by atoms with Crippen LogP contribution >= 0.6 is 11.3 Å². The summed E-state index contributed by atoms with van der Waals surface area (Å²) in [5.41, 5.74) is 2.10. The number of hydrogen-bond acceptors (Lipinski definition) is 6. The molecule has 0 aliphatic heterocycles. The number of anilines is 1. The normalized spacial score (nSPS) is 15.4. The first-order chi connectivity index (χ1) is 12.5. The maximum Gasteiger partial charge on any atom is 0.271 e. The fraction of sp³-hybridized carbons (Fsp3) is 0.333. The topological polar surface area (TPSA) is 85.1 Å². The highest BCUT2D eigenvalue weighted by Gasteiger charge is 2.24. The van der Waals surface area contributed by atoms with Crippen molar-refractivity contribution in [3.8, 4) is 11.4 Å². The van der Waals surface area contributed by atoms with Crippen LogP contribution in [0.5, 0.6) is 0 Å². The van der Waals surface area contributed by atoms with Gasteiger partial charge in [-0.25, -0.2) is 8.42 Å². The zero-order valence-electron chi connectivity index (χ0n) is 14.3. The molecule has 1 saturated carbocycles. The number of aryl methyl sites for hydroxylation is 1. The predicted octanol–water partition coefficient (Wildman–Crippen LogP) is 4.56. The molecule has 1 aliphatic rings. The van der Waals surface area contributed by atoms with Gasteiger partial charge in [-0.15, -0.1) is 11.3 Å². The fourth-order valence-electron chi connectivity index (χ4n) is 3.15. The summed E-state index contributed by atoms with van der Waals surface area (Å²) < 4.78 is 33.5. The van der Waals surface area contributed by atoms with Crippen molar-refractivity contribution < 1.29 is 12.9 Å². The Morgan fingerprint density at radius 3 is 2.77 bits per heavy atom. The number of hydrogen-bond donors (Lipinski definition) is 1. The summed E-state index contributed by atoms with van der Waals surface area (Å²) in [6.07, 6.45) is 4.53. The Hall–Kier alpha value is -2.19. The van der Waals surface area contributed by atoms with Gasteiger partial charge in [0, 0.05) is 16.9 Å². The van der Waals surface area contributed by atoms with Crippen LogP contribution in [0, 0.1) is 6.92 Å². The number of para-hydroxylation sites is 1. The first-order valence-electron chi connectivity index (χ1n) is 8.54. The average molecular weight is 390 g/mol. The molecule has 8 heteroatoms. The number of benzene rings is 1. The minimum absolute atomic E-state index is 0.225. The molecule has 2 aromatic heterocycles. The van der Waals surface area contributed by atoms with Crippen LogP contribution in [-0.4, -0.2) is 18.6 Å². The van der Waals surface area contributed by atoms with Crippen molar-refractivity contribution in [2.24, 2.45) is 0 Å². The van der Waals surface area contributed by atoms with E-state index in [0.29, 0.717) is 28.9 Å². The van der Waals surface area contributed by atoms with E-state index >= 15 is 0 Å². The van der Waals surface area contributed by atoms with Gasteiger partial charge < -0.3 is 4.52 Å². The van der Waals surface area contributed by atoms with Crippen molar-refractivity contribution in [3.63, 3.8) is 0 Å². The third kappa shape index (κ3) is 3.39. The van der Waals surface area contributed by atoms with Crippen molar-refractivity contribution in [1.82, 2.24) is 10.1 Å². The van der Waals surface area contributed by atoms with E-state index in [-0.39, 0.29) is 4.21 Å². The van der Waals surface area contributed by atoms with Crippen LogP contribution in [0.2, 0.25) is 0 Å². The molecule has 0 radical (unpaired) electrons. The Bertz CT molecular complexity index is 1020. The third-order valence-electron chi connectivity index (χ3n) is 4.63. The van der Waals surface area contributed by atoms with E-state index in [4.69, 9.17) is 4.52 Å². The van der Waals surface area contributed by atoms with Crippen molar-refractivity contribution >= 4 is 27.0 Å². The molecule has 1 N–H and O–H groups in total. The Morgan fingerprint density at radius 1 is 1.23 bits per heavy atom. The molecule has 136 valence electrons. The molecule has 6 nitrogen and oxygen atoms in total. The first-order valence-corrected chi connectivity index (χ1v) is 10.9. The van der Waals surface area contributed by atoms with Crippen molar-refractivity contribution in [3.05, 3.63) is 47.2 Å². The van der Waals surface area contributed by atoms with Crippen LogP contribution in [0.1, 0.15) is 43.1 Å². The number of thiophene rings is 1. The molecule has 26 heavy (non-hydrogen) atoms. The Labute approximate surface area is 156 Å². The lowest BCUT2D eigenvalue weighted by Crippen LogP contribution is -2.12. The minimum Gasteiger partial charge on any atom is -0.339 e. The minimum atomic E-state index is -3.65. The monoisotopic (exact) mass is 389 g/mol. The van der Waals surface area contributed by atoms with E-state index in [0.717, 1.165) is 29.7 Å². The van der Waals surface area contributed by atoms with Gasteiger partial charge in [0.25, 0.3) is 10.0 Å². The summed E-state index contributed by atoms with van der Waals surface area (Å²) in [6.45, 7) is 1.86. The van der Waals surface area contributed by atoms with E-state index < -0.39 is 10.0 Å². The summed E-state index contributed by atoms with van der Waals surface area (Å²) >= 11 is 1.15. The van der Waals surface area contributed by atoms with Gasteiger partial charge in [-0.1, -0.05) is 36.2 Å². The van der Waals surface area contributed by atoms with E-state index in [2.05, 4.69) is 14.9 Å². The molecule has 1 aliphatic carbocycles. The van der Waals surface area contributed by atoms with Crippen LogP contribution in [0.25, 0.3) is 11.4 Å². The van der Waals surface area contributed by atoms with Crippen LogP contribution in [0.15, 0.2) is 44.4 Å². The highest BCUT2D eigenvalue weighted by Crippen LogP contribution is 2.35. The number of rotatable bonds is 5. The zero-order chi connectivity index (χ0) is 18.1. The molecule has 3 aromatic rings. The van der Waals surface area contributed by atoms with Crippen LogP contribution < -0.4 is 4.72 Å². The summed E-state index contributed by atoms with van der Waals surface area (Å²) in [7, 11) is -3.65. The number of nitrogens with one attached hydrogen (secondary N) is 1. The van der Waals surface area contributed by atoms with Crippen LogP contribution in [0.4, 0.5) is 5.69 Å². The van der Waals surface area contributed by atoms with Crippen molar-refractivity contribution in [2.75, 3.05) is 4.72 Å². The van der Waals surface area contributed by atoms with Gasteiger partial charge in [0.05, 0.1) is 5.69 Å². The lowest BCUT2D eigenvalue weighted by atomic mass is 10.1. The van der Waals surface area contributed by atoms with Crippen LogP contribution in [0.3, 0.4) is 0 Å². The molecule has 0 saturated heterocycles. The van der Waals surface area contributed by atoms with Crippen molar-refractivity contribution in [1.29, 1.82) is 0 Å². The van der Waals surface area contributed by atoms with Gasteiger partial charge in [0.1, 0.15) is 4.21 Å². The maximum atomic E-state index is 12.6. The van der Waals surface area contributed by atoms with E-state index in [1.54, 1.807) is 23.6 Å². The van der Waals surface area contributed by atoms with E-state index in [1.165, 1.54) is 12.8 Å². The maximum absolute atomic E-state index is 12.6. The quantitative estimate of drug-likeness (QED) is 0.691. The van der Waals surface area contributed by atoms with Gasteiger partial charge in [0.15, 0.2) is 0 Å². The van der Waals surface area contributed by atoms with Gasteiger partial charge in [-0.05, 0) is 37.5 Å². The molecular weight excluding hydrogens is 370 g/mol. The summed E-state index contributed by atoms with van der Waals surface area (Å²) in [4.78, 5) is 4.47. The first kappa shape index (κ1) is 17.2. The van der Waals surface area contributed by atoms with Gasteiger partial charge in [0.2, 0.25) is 11.7 Å². The second kappa shape index (κ2) is 6.85. The second-order valence-electron chi connectivity index (χ2n) is 6.51. The van der Waals surface area contributed by atoms with E-state index in [1.807, 2.05) is 19.1 Å². The molecule has 0 unspecified atom stereocenters. The highest BCUT2D eigenvalue weighted by atomic mass is 32.2. The highest BCUT2D eigenvalue weighted by molar-refractivity contribution is 7.94. The lowest BCUT2D eigenvalue weighted by molar-refractivity contribution is 0.354. The summed E-state index contributed by atoms with van der Waals surface area (Å²) in [5, 5.41) is 5.78. The lowest BCUT2D eigenvalue weighted by Gasteiger charge is -2.08. The average Bonchev–Trinajstić information content (AvgIpc) is 3.37. The Balaban J connectivity index is 1.56. The molecular formula is C18H19N3O3S2. The van der Waals surface area contributed by atoms with Crippen molar-refractivity contribution in [2.45, 2.75) is 42.7 Å². The zero-order valence-corrected chi connectivity index (χ0v) is 15.9. The molecule has 1 aromatic carbocycles. The standard InChI is InChI=1S/C18H19N3O3S2/c1-12-6-2-5-9-15(12)21-26(22,23)16-10-14(11-25-16)17-19-18(24-20-17)13-7-3-4-8-13/h2,5-6,9-11,13,21H,3-4,7-8H2,1H3. The Kier molecular flexibility index (Phi) is 4.54. The summed E-state index contributed by atoms with van der Waals surface area (Å²) in [6, 6.07) is 8.87. The molecule has 0 amide bonds. The molecule has 4 rings (SSSR count). The molecule has 1 fully saturated rings. The van der Waals surface area contributed by atoms with Gasteiger partial charge in [-0.3, -0.25) is 4.72 Å². The number of nitrogens with zero attached hydrogens (tertiary/aromatic N) is 2. The third-order valence-corrected chi connectivity index (χ3v) is 7.44. The molecule has 0 bridgehead atoms. The molecule has 0 atom stereocenters. The van der Waals surface area contributed by atoms with Gasteiger partial charge in [-0.2, -0.15) is 4.98 Å². The molecule has 0 spiro atoms. The Morgan fingerprint density at radius 2 is 2.00 bits per heavy atom. The molecule has 2 heterocycles. The number of sulfonamides is 1. The predicted molar refractivity (Wildman–Crippen MR) is 101 cm³/mol. The van der Waals surface area contributed by atoms with E-state index in [9.17, 15) is 8.42 Å².